The van der Waals surface area contributed by atoms with Gasteiger partial charge in [0.2, 0.25) is 0 Å². The van der Waals surface area contributed by atoms with E-state index in [1.54, 1.807) is 0 Å². The molecule has 0 aromatic heterocycles. The van der Waals surface area contributed by atoms with Crippen LogP contribution in [0.25, 0.3) is 0 Å². The van der Waals surface area contributed by atoms with Gasteiger partial charge in [0.1, 0.15) is 0 Å². The Morgan fingerprint density at radius 2 is 1.06 bits per heavy atom. The standard InChI is InChI=1S/C23H52N8/c1(6-23-22-29-11-3-8-25-14-15-26-10-4-13-30-23)19-31-20-5-12-27-17-16-24-7-2-9-28-18-21-31/h23-30H,1-22H2. The molecule has 0 saturated carbocycles. The number of hydrogen-bond acceptors (Lipinski definition) is 8. The van der Waals surface area contributed by atoms with Crippen molar-refractivity contribution in [3.63, 3.8) is 0 Å². The smallest absolute Gasteiger partial charge is 0.0192 e. The second kappa shape index (κ2) is 20.3. The van der Waals surface area contributed by atoms with Crippen molar-refractivity contribution in [2.45, 2.75) is 44.6 Å². The molecule has 2 saturated heterocycles. The molecule has 0 spiro atoms. The molecule has 2 fully saturated rings. The predicted molar refractivity (Wildman–Crippen MR) is 133 cm³/mol. The van der Waals surface area contributed by atoms with Crippen LogP contribution < -0.4 is 37.2 Å². The van der Waals surface area contributed by atoms with Crippen molar-refractivity contribution in [2.24, 2.45) is 0 Å². The Balaban J connectivity index is 1.67. The first-order chi connectivity index (χ1) is 15.4. The van der Waals surface area contributed by atoms with Gasteiger partial charge in [-0.25, -0.2) is 0 Å². The molecule has 2 heterocycles. The Morgan fingerprint density at radius 3 is 1.74 bits per heavy atom. The van der Waals surface area contributed by atoms with Gasteiger partial charge in [-0.05, 0) is 97.4 Å². The van der Waals surface area contributed by atoms with E-state index in [4.69, 9.17) is 0 Å². The second-order valence-corrected chi connectivity index (χ2v) is 9.00. The third kappa shape index (κ3) is 16.0. The summed E-state index contributed by atoms with van der Waals surface area (Å²) in [6.45, 7) is 17.9. The molecule has 2 aliphatic heterocycles. The van der Waals surface area contributed by atoms with Crippen LogP contribution in [0, 0.1) is 0 Å². The molecule has 1 atom stereocenters. The largest absolute Gasteiger partial charge is 0.315 e. The molecule has 2 rings (SSSR count). The maximum atomic E-state index is 3.82. The highest BCUT2D eigenvalue weighted by Gasteiger charge is 2.10. The van der Waals surface area contributed by atoms with Crippen molar-refractivity contribution in [3.8, 4) is 0 Å². The molecule has 184 valence electrons. The van der Waals surface area contributed by atoms with E-state index < -0.39 is 0 Å². The minimum Gasteiger partial charge on any atom is -0.315 e. The van der Waals surface area contributed by atoms with Crippen molar-refractivity contribution in [1.82, 2.24) is 42.1 Å². The molecule has 31 heavy (non-hydrogen) atoms. The quantitative estimate of drug-likeness (QED) is 0.304. The van der Waals surface area contributed by atoms with Gasteiger partial charge in [0.15, 0.2) is 0 Å². The molecule has 1 unspecified atom stereocenters. The lowest BCUT2D eigenvalue weighted by Gasteiger charge is -2.25. The van der Waals surface area contributed by atoms with Crippen molar-refractivity contribution in [2.75, 3.05) is 105 Å². The summed E-state index contributed by atoms with van der Waals surface area (Å²) < 4.78 is 0. The second-order valence-electron chi connectivity index (χ2n) is 9.00. The summed E-state index contributed by atoms with van der Waals surface area (Å²) in [5, 5.41) is 25.3. The maximum Gasteiger partial charge on any atom is 0.0192 e. The van der Waals surface area contributed by atoms with Gasteiger partial charge >= 0.3 is 0 Å². The van der Waals surface area contributed by atoms with Crippen molar-refractivity contribution < 1.29 is 0 Å². The molecule has 0 bridgehead atoms. The highest BCUT2D eigenvalue weighted by atomic mass is 15.1. The first kappa shape index (κ1) is 26.9. The van der Waals surface area contributed by atoms with E-state index in [1.807, 2.05) is 0 Å². The third-order valence-corrected chi connectivity index (χ3v) is 6.19. The summed E-state index contributed by atoms with van der Waals surface area (Å²) in [4.78, 5) is 2.67. The Labute approximate surface area is 191 Å². The summed E-state index contributed by atoms with van der Waals surface area (Å²) in [6, 6.07) is 0.586. The minimum absolute atomic E-state index is 0.586. The summed E-state index contributed by atoms with van der Waals surface area (Å²) in [7, 11) is 0. The molecule has 0 aromatic rings. The topological polar surface area (TPSA) is 87.5 Å². The van der Waals surface area contributed by atoms with Gasteiger partial charge in [-0.3, -0.25) is 0 Å². The van der Waals surface area contributed by atoms with Gasteiger partial charge in [-0.2, -0.15) is 0 Å². The van der Waals surface area contributed by atoms with Gasteiger partial charge in [-0.1, -0.05) is 0 Å². The normalized spacial score (nSPS) is 26.5. The van der Waals surface area contributed by atoms with E-state index >= 15 is 0 Å². The molecule has 0 amide bonds. The Hall–Kier alpha value is -0.320. The SMILES string of the molecule is C1CNCCNCCCN(CCCC2CNCCCNCCNCCCN2)CCNC1. The zero-order valence-corrected chi connectivity index (χ0v) is 20.1. The van der Waals surface area contributed by atoms with Gasteiger partial charge in [0, 0.05) is 51.9 Å². The summed E-state index contributed by atoms with van der Waals surface area (Å²) >= 11 is 0. The Bertz CT molecular complexity index is 323. The number of rotatable bonds is 4. The van der Waals surface area contributed by atoms with Gasteiger partial charge in [0.25, 0.3) is 0 Å². The predicted octanol–water partition coefficient (Wildman–Crippen LogP) is -0.848. The average Bonchev–Trinajstić information content (AvgIpc) is 2.78. The lowest BCUT2D eigenvalue weighted by molar-refractivity contribution is 0.256. The third-order valence-electron chi connectivity index (χ3n) is 6.19. The van der Waals surface area contributed by atoms with E-state index in [9.17, 15) is 0 Å². The van der Waals surface area contributed by atoms with Crippen LogP contribution in [-0.4, -0.2) is 116 Å². The summed E-state index contributed by atoms with van der Waals surface area (Å²) in [5.74, 6) is 0. The highest BCUT2D eigenvalue weighted by Crippen LogP contribution is 2.02. The maximum absolute atomic E-state index is 3.82. The zero-order valence-electron chi connectivity index (χ0n) is 20.1. The van der Waals surface area contributed by atoms with E-state index in [0.717, 1.165) is 85.1 Å². The fraction of sp³-hybridized carbons (Fsp3) is 1.00. The Kier molecular flexibility index (Phi) is 17.6. The van der Waals surface area contributed by atoms with E-state index in [-0.39, 0.29) is 0 Å². The lowest BCUT2D eigenvalue weighted by Crippen LogP contribution is -2.42. The van der Waals surface area contributed by atoms with Crippen molar-refractivity contribution in [1.29, 1.82) is 0 Å². The highest BCUT2D eigenvalue weighted by molar-refractivity contribution is 4.73. The first-order valence-electron chi connectivity index (χ1n) is 13.2. The zero-order chi connectivity index (χ0) is 21.7. The molecule has 0 radical (unpaired) electrons. The number of hydrogen-bond donors (Lipinski definition) is 7. The van der Waals surface area contributed by atoms with Gasteiger partial charge < -0.3 is 42.1 Å². The number of nitrogens with one attached hydrogen (secondary N) is 7. The van der Waals surface area contributed by atoms with Crippen LogP contribution >= 0.6 is 0 Å². The molecule has 2 aliphatic rings. The van der Waals surface area contributed by atoms with Crippen LogP contribution in [0.1, 0.15) is 38.5 Å². The van der Waals surface area contributed by atoms with E-state index in [2.05, 4.69) is 42.1 Å². The fourth-order valence-corrected chi connectivity index (χ4v) is 4.29. The van der Waals surface area contributed by atoms with Gasteiger partial charge in [-0.15, -0.1) is 0 Å². The van der Waals surface area contributed by atoms with Crippen molar-refractivity contribution >= 4 is 0 Å². The molecular weight excluding hydrogens is 388 g/mol. The van der Waals surface area contributed by atoms with E-state index in [1.165, 1.54) is 58.2 Å². The fourth-order valence-electron chi connectivity index (χ4n) is 4.29. The average molecular weight is 441 g/mol. The number of nitrogens with zero attached hydrogens (tertiary/aromatic N) is 1. The van der Waals surface area contributed by atoms with Crippen LogP contribution in [0.4, 0.5) is 0 Å². The molecule has 0 aromatic carbocycles. The molecular formula is C23H52N8. The molecule has 7 N–H and O–H groups in total. The summed E-state index contributed by atoms with van der Waals surface area (Å²) in [6.07, 6.45) is 7.40. The summed E-state index contributed by atoms with van der Waals surface area (Å²) in [5.41, 5.74) is 0. The van der Waals surface area contributed by atoms with E-state index in [0.29, 0.717) is 6.04 Å². The first-order valence-corrected chi connectivity index (χ1v) is 13.2. The van der Waals surface area contributed by atoms with Crippen LogP contribution in [0.15, 0.2) is 0 Å². The van der Waals surface area contributed by atoms with Crippen LogP contribution in [0.5, 0.6) is 0 Å². The minimum atomic E-state index is 0.586. The van der Waals surface area contributed by atoms with Crippen molar-refractivity contribution in [3.05, 3.63) is 0 Å². The monoisotopic (exact) mass is 440 g/mol. The molecule has 8 heteroatoms. The Morgan fingerprint density at radius 1 is 0.516 bits per heavy atom. The lowest BCUT2D eigenvalue weighted by atomic mass is 10.1. The van der Waals surface area contributed by atoms with Crippen LogP contribution in [0.3, 0.4) is 0 Å². The molecule has 8 nitrogen and oxygen atoms in total. The van der Waals surface area contributed by atoms with Crippen LogP contribution in [0.2, 0.25) is 0 Å². The molecule has 0 aliphatic carbocycles. The van der Waals surface area contributed by atoms with Gasteiger partial charge in [0.05, 0.1) is 0 Å². The van der Waals surface area contributed by atoms with Crippen LogP contribution in [-0.2, 0) is 0 Å².